The van der Waals surface area contributed by atoms with Gasteiger partial charge in [-0.1, -0.05) is 25.1 Å². The molecule has 0 bridgehead atoms. The monoisotopic (exact) mass is 436 g/mol. The Balaban J connectivity index is 2.24. The quantitative estimate of drug-likeness (QED) is 0.648. The topological polar surface area (TPSA) is 54.4 Å². The van der Waals surface area contributed by atoms with Crippen LogP contribution < -0.4 is 0 Å². The number of halogens is 3. The van der Waals surface area contributed by atoms with E-state index in [0.29, 0.717) is 29.2 Å². The number of carbonyl (C=O) groups is 1. The maximum Gasteiger partial charge on any atom is 0.184 e. The third kappa shape index (κ3) is 3.29. The first kappa shape index (κ1) is 22.3. The highest BCUT2D eigenvalue weighted by molar-refractivity contribution is 7.89. The van der Waals surface area contributed by atoms with Crippen molar-refractivity contribution in [3.63, 3.8) is 0 Å². The van der Waals surface area contributed by atoms with Gasteiger partial charge in [0, 0.05) is 22.4 Å². The van der Waals surface area contributed by atoms with Gasteiger partial charge in [0.05, 0.1) is 10.3 Å². The molecule has 160 valence electrons. The first-order valence-corrected chi connectivity index (χ1v) is 10.7. The number of allylic oxidation sites excluding steroid dienone is 1. The van der Waals surface area contributed by atoms with E-state index in [1.54, 1.807) is 39.8 Å². The number of aliphatic hydroxyl groups excluding tert-OH is 1. The van der Waals surface area contributed by atoms with Crippen molar-refractivity contribution in [1.82, 2.24) is 0 Å². The second-order valence-electron chi connectivity index (χ2n) is 8.31. The molecular formula is C23H23F3O3S. The van der Waals surface area contributed by atoms with Gasteiger partial charge in [-0.05, 0) is 56.9 Å². The third-order valence-corrected chi connectivity index (χ3v) is 7.82. The molecule has 0 fully saturated rings. The van der Waals surface area contributed by atoms with Gasteiger partial charge in [-0.15, -0.1) is 0 Å². The molecule has 30 heavy (non-hydrogen) atoms. The summed E-state index contributed by atoms with van der Waals surface area (Å²) >= 11 is 0. The summed E-state index contributed by atoms with van der Waals surface area (Å²) in [4.78, 5) is 13.2. The number of benzene rings is 2. The zero-order chi connectivity index (χ0) is 22.6. The van der Waals surface area contributed by atoms with Gasteiger partial charge in [-0.25, -0.2) is 13.2 Å². The number of Topliss-reactive ketones (excluding diaryl/α,β-unsaturated/α-hetero) is 1. The molecule has 1 aliphatic heterocycles. The van der Waals surface area contributed by atoms with E-state index in [2.05, 4.69) is 0 Å². The van der Waals surface area contributed by atoms with Gasteiger partial charge in [0.25, 0.3) is 0 Å². The fourth-order valence-corrected chi connectivity index (χ4v) is 5.63. The van der Waals surface area contributed by atoms with Crippen LogP contribution in [0.1, 0.15) is 45.7 Å². The number of hydrogen-bond donors (Lipinski definition) is 1. The van der Waals surface area contributed by atoms with Crippen LogP contribution in [-0.4, -0.2) is 24.6 Å². The van der Waals surface area contributed by atoms with E-state index in [4.69, 9.17) is 0 Å². The lowest BCUT2D eigenvalue weighted by atomic mass is 9.85. The summed E-state index contributed by atoms with van der Waals surface area (Å²) in [6.07, 6.45) is 0.433. The second kappa shape index (κ2) is 7.38. The van der Waals surface area contributed by atoms with Crippen molar-refractivity contribution in [3.8, 4) is 11.1 Å². The predicted octanol–water partition coefficient (Wildman–Crippen LogP) is 5.49. The number of rotatable bonds is 3. The first-order chi connectivity index (χ1) is 13.8. The molecule has 1 heterocycles. The van der Waals surface area contributed by atoms with Gasteiger partial charge in [-0.3, -0.25) is 9.00 Å². The Morgan fingerprint density at radius 1 is 0.900 bits per heavy atom. The lowest BCUT2D eigenvalue weighted by Gasteiger charge is -2.39. The number of hydrogen-bond acceptors (Lipinski definition) is 3. The fraction of sp³-hybridized carbons (Fsp3) is 0.348. The fourth-order valence-electron chi connectivity index (χ4n) is 3.81. The van der Waals surface area contributed by atoms with Crippen molar-refractivity contribution in [3.05, 3.63) is 64.7 Å². The molecule has 2 aromatic rings. The van der Waals surface area contributed by atoms with Crippen LogP contribution in [0.25, 0.3) is 16.7 Å². The van der Waals surface area contributed by atoms with Crippen molar-refractivity contribution in [1.29, 1.82) is 0 Å². The molecule has 0 radical (unpaired) electrons. The number of ketones is 1. The highest BCUT2D eigenvalue weighted by atomic mass is 32.2. The molecule has 1 atom stereocenters. The van der Waals surface area contributed by atoms with Crippen LogP contribution in [0.5, 0.6) is 0 Å². The Kier molecular flexibility index (Phi) is 5.48. The lowest BCUT2D eigenvalue weighted by molar-refractivity contribution is -0.115. The molecule has 1 N–H and O–H groups in total. The van der Waals surface area contributed by atoms with Gasteiger partial charge in [-0.2, -0.15) is 0 Å². The summed E-state index contributed by atoms with van der Waals surface area (Å²) in [7, 11) is -1.65. The molecular weight excluding hydrogens is 413 g/mol. The minimum atomic E-state index is -1.65. The van der Waals surface area contributed by atoms with E-state index < -0.39 is 43.5 Å². The number of aliphatic hydroxyl groups is 1. The van der Waals surface area contributed by atoms with Crippen molar-refractivity contribution in [2.75, 3.05) is 0 Å². The van der Waals surface area contributed by atoms with E-state index in [1.165, 1.54) is 6.07 Å². The van der Waals surface area contributed by atoms with Crippen LogP contribution in [0, 0.1) is 17.5 Å². The molecule has 0 saturated carbocycles. The van der Waals surface area contributed by atoms with Crippen molar-refractivity contribution in [2.24, 2.45) is 0 Å². The van der Waals surface area contributed by atoms with E-state index in [-0.39, 0.29) is 16.9 Å². The molecule has 2 aromatic carbocycles. The van der Waals surface area contributed by atoms with E-state index in [9.17, 15) is 27.3 Å². The smallest absolute Gasteiger partial charge is 0.184 e. The second-order valence-corrected chi connectivity index (χ2v) is 10.9. The van der Waals surface area contributed by atoms with Crippen LogP contribution in [0.3, 0.4) is 0 Å². The van der Waals surface area contributed by atoms with Crippen LogP contribution in [-0.2, 0) is 22.0 Å². The molecule has 0 aliphatic carbocycles. The SMILES string of the molecule is CCc1cc(-c2cc(F)c(F)cc2F)ccc1C1=C(O)C(C)(C)S(=O)C(C)(C)C1=O. The predicted molar refractivity (Wildman–Crippen MR) is 112 cm³/mol. The molecule has 0 amide bonds. The van der Waals surface area contributed by atoms with E-state index in [1.807, 2.05) is 6.92 Å². The highest BCUT2D eigenvalue weighted by Crippen LogP contribution is 2.43. The Morgan fingerprint density at radius 3 is 2.10 bits per heavy atom. The standard InChI is InChI=1S/C23H23F3O3S/c1-6-12-9-13(15-10-17(25)18(26)11-16(15)24)7-8-14(12)19-20(27)22(2,3)30(29)23(4,5)21(19)28/h7-11,27H,6H2,1-5H3. The average molecular weight is 436 g/mol. The molecule has 0 saturated heterocycles. The summed E-state index contributed by atoms with van der Waals surface area (Å²) in [6, 6.07) is 5.91. The van der Waals surface area contributed by atoms with Crippen molar-refractivity contribution >= 4 is 22.2 Å². The highest BCUT2D eigenvalue weighted by Gasteiger charge is 2.52. The third-order valence-electron chi connectivity index (χ3n) is 5.58. The minimum absolute atomic E-state index is 0.0822. The molecule has 1 aliphatic rings. The van der Waals surface area contributed by atoms with Crippen molar-refractivity contribution < 1.29 is 27.3 Å². The van der Waals surface area contributed by atoms with Gasteiger partial charge in [0.1, 0.15) is 16.3 Å². The van der Waals surface area contributed by atoms with Gasteiger partial charge in [0.2, 0.25) is 0 Å². The Morgan fingerprint density at radius 2 is 1.50 bits per heavy atom. The Labute approximate surface area is 176 Å². The summed E-state index contributed by atoms with van der Waals surface area (Å²) < 4.78 is 51.7. The summed E-state index contributed by atoms with van der Waals surface area (Å²) in [5.41, 5.74) is 1.36. The van der Waals surface area contributed by atoms with Gasteiger partial charge in [0.15, 0.2) is 17.4 Å². The molecule has 0 aromatic heterocycles. The Bertz CT molecular complexity index is 1120. The molecule has 7 heteroatoms. The summed E-state index contributed by atoms with van der Waals surface area (Å²) in [5.74, 6) is -4.05. The van der Waals surface area contributed by atoms with Gasteiger partial charge >= 0.3 is 0 Å². The van der Waals surface area contributed by atoms with Crippen LogP contribution >= 0.6 is 0 Å². The number of aryl methyl sites for hydroxylation is 1. The van der Waals surface area contributed by atoms with Crippen molar-refractivity contribution in [2.45, 2.75) is 50.5 Å². The Hall–Kier alpha value is -2.41. The largest absolute Gasteiger partial charge is 0.510 e. The van der Waals surface area contributed by atoms with Gasteiger partial charge < -0.3 is 5.11 Å². The van der Waals surface area contributed by atoms with E-state index >= 15 is 0 Å². The molecule has 3 nitrogen and oxygen atoms in total. The normalized spacial score (nSPS) is 20.5. The number of carbonyl (C=O) groups excluding carboxylic acids is 1. The zero-order valence-corrected chi connectivity index (χ0v) is 18.2. The lowest BCUT2D eigenvalue weighted by Crippen LogP contribution is -2.52. The molecule has 0 spiro atoms. The summed E-state index contributed by atoms with van der Waals surface area (Å²) in [6.45, 7) is 8.21. The molecule has 3 rings (SSSR count). The van der Waals surface area contributed by atoms with E-state index in [0.717, 1.165) is 6.07 Å². The first-order valence-electron chi connectivity index (χ1n) is 9.52. The maximum absolute atomic E-state index is 14.2. The zero-order valence-electron chi connectivity index (χ0n) is 17.4. The van der Waals surface area contributed by atoms with Crippen LogP contribution in [0.4, 0.5) is 13.2 Å². The average Bonchev–Trinajstić information content (AvgIpc) is 2.69. The van der Waals surface area contributed by atoms with Crippen LogP contribution in [0.2, 0.25) is 0 Å². The summed E-state index contributed by atoms with van der Waals surface area (Å²) in [5, 5.41) is 10.9. The van der Waals surface area contributed by atoms with Crippen LogP contribution in [0.15, 0.2) is 36.1 Å². The maximum atomic E-state index is 14.2. The minimum Gasteiger partial charge on any atom is -0.510 e. The molecule has 1 unspecified atom stereocenters.